The van der Waals surface area contributed by atoms with Crippen LogP contribution < -0.4 is 0 Å². The van der Waals surface area contributed by atoms with E-state index in [9.17, 15) is 5.11 Å². The molecule has 3 heteroatoms. The second kappa shape index (κ2) is 3.95. The van der Waals surface area contributed by atoms with Crippen molar-refractivity contribution in [3.05, 3.63) is 36.0 Å². The van der Waals surface area contributed by atoms with E-state index in [0.717, 1.165) is 25.7 Å². The Labute approximate surface area is 118 Å². The van der Waals surface area contributed by atoms with Gasteiger partial charge in [-0.15, -0.1) is 0 Å². The van der Waals surface area contributed by atoms with E-state index in [2.05, 4.69) is 42.4 Å². The van der Waals surface area contributed by atoms with Gasteiger partial charge in [0.05, 0.1) is 5.54 Å². The zero-order valence-electron chi connectivity index (χ0n) is 11.8. The molecule has 1 aromatic heterocycles. The number of hydrogen-bond donors (Lipinski definition) is 2. The molecule has 3 aliphatic carbocycles. The van der Waals surface area contributed by atoms with Crippen LogP contribution >= 0.6 is 0 Å². The van der Waals surface area contributed by atoms with Gasteiger partial charge in [-0.2, -0.15) is 0 Å². The lowest BCUT2D eigenvalue weighted by atomic mass is 9.40. The molecule has 20 heavy (non-hydrogen) atoms. The normalized spacial score (nSPS) is 32.0. The van der Waals surface area contributed by atoms with Gasteiger partial charge < -0.3 is 10.1 Å². The van der Waals surface area contributed by atoms with E-state index in [4.69, 9.17) is 4.99 Å². The topological polar surface area (TPSA) is 48.4 Å². The van der Waals surface area contributed by atoms with Crippen LogP contribution in [0.5, 0.6) is 0 Å². The van der Waals surface area contributed by atoms with Gasteiger partial charge in [-0.1, -0.05) is 18.2 Å². The molecule has 0 saturated heterocycles. The summed E-state index contributed by atoms with van der Waals surface area (Å²) in [5, 5.41) is 10.6. The van der Waals surface area contributed by atoms with Gasteiger partial charge in [-0.25, -0.2) is 0 Å². The predicted octanol–water partition coefficient (Wildman–Crippen LogP) is 3.09. The maximum Gasteiger partial charge on any atom is 0.0626 e. The minimum atomic E-state index is 0.179. The summed E-state index contributed by atoms with van der Waals surface area (Å²) in [6, 6.07) is 8.41. The van der Waals surface area contributed by atoms with E-state index in [1.807, 2.05) is 0 Å². The number of fused-ring (bicyclic) bond motifs is 1. The first-order valence-corrected chi connectivity index (χ1v) is 7.35. The van der Waals surface area contributed by atoms with Crippen LogP contribution in [0.4, 0.5) is 0 Å². The number of aliphatic hydroxyl groups is 1. The number of benzene rings is 1. The molecule has 1 aromatic carbocycles. The van der Waals surface area contributed by atoms with E-state index in [1.54, 1.807) is 0 Å². The fourth-order valence-electron chi connectivity index (χ4n) is 4.22. The molecule has 5 rings (SSSR count). The zero-order chi connectivity index (χ0) is 13.8. The van der Waals surface area contributed by atoms with Gasteiger partial charge in [0.2, 0.25) is 0 Å². The molecule has 2 N–H and O–H groups in total. The highest BCUT2D eigenvalue weighted by Crippen LogP contribution is 2.69. The Balaban J connectivity index is 1.52. The van der Waals surface area contributed by atoms with E-state index in [0.29, 0.717) is 6.61 Å². The lowest BCUT2D eigenvalue weighted by Gasteiger charge is -2.68. The fourth-order valence-corrected chi connectivity index (χ4v) is 4.22. The summed E-state index contributed by atoms with van der Waals surface area (Å²) in [6.45, 7) is 2.47. The SMILES string of the molecule is CC(Cc1c[nH]c2ccccc12)=NC12CC(CO)(C1)C2. The Bertz CT molecular complexity index is 678. The Morgan fingerprint density at radius 2 is 2.05 bits per heavy atom. The number of aromatic amines is 1. The van der Waals surface area contributed by atoms with E-state index >= 15 is 0 Å². The standard InChI is InChI=1S/C17H20N2O/c1-12(19-17-8-16(9-17,10-17)11-20)6-13-7-18-15-5-3-2-4-14(13)15/h2-5,7,18,20H,6,8-11H2,1H3. The number of rotatable bonds is 4. The maximum absolute atomic E-state index is 9.30. The monoisotopic (exact) mass is 268 g/mol. The summed E-state index contributed by atoms with van der Waals surface area (Å²) in [5.74, 6) is 0. The van der Waals surface area contributed by atoms with Crippen LogP contribution in [0.3, 0.4) is 0 Å². The van der Waals surface area contributed by atoms with E-state index < -0.39 is 0 Å². The third-order valence-corrected chi connectivity index (χ3v) is 5.00. The number of nitrogens with one attached hydrogen (secondary N) is 1. The summed E-state index contributed by atoms with van der Waals surface area (Å²) in [4.78, 5) is 8.27. The highest BCUT2D eigenvalue weighted by atomic mass is 16.3. The van der Waals surface area contributed by atoms with Crippen molar-refractivity contribution in [2.45, 2.75) is 38.1 Å². The second-order valence-electron chi connectivity index (χ2n) is 6.80. The van der Waals surface area contributed by atoms with Crippen molar-refractivity contribution in [2.24, 2.45) is 10.4 Å². The van der Waals surface area contributed by atoms with Crippen molar-refractivity contribution in [1.29, 1.82) is 0 Å². The third-order valence-electron chi connectivity index (χ3n) is 5.00. The molecule has 2 bridgehead atoms. The lowest BCUT2D eigenvalue weighted by Crippen LogP contribution is -2.67. The van der Waals surface area contributed by atoms with Gasteiger partial charge in [-0.05, 0) is 37.8 Å². The number of para-hydroxylation sites is 1. The van der Waals surface area contributed by atoms with Crippen molar-refractivity contribution in [1.82, 2.24) is 4.98 Å². The molecule has 2 aromatic rings. The molecule has 0 atom stereocenters. The van der Waals surface area contributed by atoms with Crippen LogP contribution in [0.2, 0.25) is 0 Å². The van der Waals surface area contributed by atoms with Crippen LogP contribution in [-0.2, 0) is 6.42 Å². The number of aromatic nitrogens is 1. The van der Waals surface area contributed by atoms with Crippen LogP contribution in [0, 0.1) is 5.41 Å². The molecule has 0 amide bonds. The molecule has 3 nitrogen and oxygen atoms in total. The quantitative estimate of drug-likeness (QED) is 0.822. The molecule has 0 spiro atoms. The summed E-state index contributed by atoms with van der Waals surface area (Å²) >= 11 is 0. The minimum absolute atomic E-state index is 0.179. The molecule has 3 saturated carbocycles. The molecule has 1 heterocycles. The second-order valence-corrected chi connectivity index (χ2v) is 6.80. The van der Waals surface area contributed by atoms with Gasteiger partial charge in [0.25, 0.3) is 0 Å². The van der Waals surface area contributed by atoms with Crippen LogP contribution in [-0.4, -0.2) is 27.9 Å². The zero-order valence-corrected chi connectivity index (χ0v) is 11.8. The summed E-state index contributed by atoms with van der Waals surface area (Å²) in [6.07, 6.45) is 6.27. The molecular formula is C17H20N2O. The third kappa shape index (κ3) is 1.66. The average Bonchev–Trinajstić information content (AvgIpc) is 2.76. The first-order valence-electron chi connectivity index (χ1n) is 7.35. The van der Waals surface area contributed by atoms with Gasteiger partial charge in [-0.3, -0.25) is 4.99 Å². The van der Waals surface area contributed by atoms with Crippen LogP contribution in [0.25, 0.3) is 10.9 Å². The van der Waals surface area contributed by atoms with E-state index in [1.165, 1.54) is 22.2 Å². The fraction of sp³-hybridized carbons (Fsp3) is 0.471. The minimum Gasteiger partial charge on any atom is -0.396 e. The number of aliphatic imine (C=N–C) groups is 1. The average molecular weight is 268 g/mol. The maximum atomic E-state index is 9.30. The largest absolute Gasteiger partial charge is 0.396 e. The molecule has 3 aliphatic rings. The smallest absolute Gasteiger partial charge is 0.0626 e. The van der Waals surface area contributed by atoms with Crippen LogP contribution in [0.15, 0.2) is 35.5 Å². The van der Waals surface area contributed by atoms with Gasteiger partial charge >= 0.3 is 0 Å². The number of aliphatic hydroxyl groups excluding tert-OH is 1. The van der Waals surface area contributed by atoms with E-state index in [-0.39, 0.29) is 11.0 Å². The van der Waals surface area contributed by atoms with Gasteiger partial charge in [0.1, 0.15) is 0 Å². The Morgan fingerprint density at radius 3 is 2.80 bits per heavy atom. The first kappa shape index (κ1) is 12.2. The number of hydrogen-bond acceptors (Lipinski definition) is 2. The highest BCUT2D eigenvalue weighted by Gasteiger charge is 2.67. The number of H-pyrrole nitrogens is 1. The lowest BCUT2D eigenvalue weighted by molar-refractivity contribution is -0.157. The van der Waals surface area contributed by atoms with Crippen LogP contribution in [0.1, 0.15) is 31.7 Å². The summed E-state index contributed by atoms with van der Waals surface area (Å²) in [5.41, 5.74) is 4.15. The molecule has 3 fully saturated rings. The molecule has 104 valence electrons. The summed E-state index contributed by atoms with van der Waals surface area (Å²) < 4.78 is 0. The van der Waals surface area contributed by atoms with Crippen molar-refractivity contribution < 1.29 is 5.11 Å². The molecular weight excluding hydrogens is 248 g/mol. The van der Waals surface area contributed by atoms with Crippen molar-refractivity contribution in [3.63, 3.8) is 0 Å². The van der Waals surface area contributed by atoms with Gasteiger partial charge in [0, 0.05) is 41.3 Å². The summed E-state index contributed by atoms with van der Waals surface area (Å²) in [7, 11) is 0. The Hall–Kier alpha value is -1.61. The first-order chi connectivity index (χ1) is 9.64. The number of nitrogens with zero attached hydrogens (tertiary/aromatic N) is 1. The Kier molecular flexibility index (Phi) is 2.40. The molecule has 0 unspecified atom stereocenters. The van der Waals surface area contributed by atoms with Crippen molar-refractivity contribution in [2.75, 3.05) is 6.61 Å². The van der Waals surface area contributed by atoms with Crippen molar-refractivity contribution >= 4 is 16.6 Å². The molecule has 0 radical (unpaired) electrons. The Morgan fingerprint density at radius 1 is 1.30 bits per heavy atom. The predicted molar refractivity (Wildman–Crippen MR) is 81.2 cm³/mol. The highest BCUT2D eigenvalue weighted by molar-refractivity contribution is 5.91. The molecule has 0 aliphatic heterocycles. The van der Waals surface area contributed by atoms with Gasteiger partial charge in [0.15, 0.2) is 0 Å². The van der Waals surface area contributed by atoms with Crippen molar-refractivity contribution in [3.8, 4) is 0 Å².